The van der Waals surface area contributed by atoms with E-state index in [0.29, 0.717) is 0 Å². The highest BCUT2D eigenvalue weighted by Crippen LogP contribution is 2.31. The van der Waals surface area contributed by atoms with Crippen molar-refractivity contribution in [3.05, 3.63) is 39.6 Å². The summed E-state index contributed by atoms with van der Waals surface area (Å²) in [5.74, 6) is 0. The molecule has 2 aromatic heterocycles. The van der Waals surface area contributed by atoms with Crippen LogP contribution in [0, 0.1) is 6.92 Å². The summed E-state index contributed by atoms with van der Waals surface area (Å²) >= 11 is 1.66. The van der Waals surface area contributed by atoms with Gasteiger partial charge in [0.2, 0.25) is 0 Å². The van der Waals surface area contributed by atoms with Crippen molar-refractivity contribution >= 4 is 11.3 Å². The second-order valence-corrected chi connectivity index (χ2v) is 5.47. The number of hydrogen-bond donors (Lipinski definition) is 1. The molecule has 0 bridgehead atoms. The van der Waals surface area contributed by atoms with Crippen molar-refractivity contribution in [3.63, 3.8) is 0 Å². The van der Waals surface area contributed by atoms with Crippen LogP contribution in [0.5, 0.6) is 0 Å². The average molecular weight is 247 g/mol. The van der Waals surface area contributed by atoms with Gasteiger partial charge in [-0.25, -0.2) is 4.98 Å². The van der Waals surface area contributed by atoms with Gasteiger partial charge in [0.15, 0.2) is 0 Å². The highest BCUT2D eigenvalue weighted by molar-refractivity contribution is 7.07. The molecule has 0 saturated carbocycles. The summed E-state index contributed by atoms with van der Waals surface area (Å²) in [5, 5.41) is 2.12. The van der Waals surface area contributed by atoms with E-state index in [4.69, 9.17) is 5.73 Å². The van der Waals surface area contributed by atoms with Crippen LogP contribution in [-0.4, -0.2) is 9.55 Å². The van der Waals surface area contributed by atoms with Crippen LogP contribution >= 0.6 is 11.3 Å². The Balaban J connectivity index is 1.99. The number of rotatable bonds is 2. The molecule has 2 N–H and O–H groups in total. The summed E-state index contributed by atoms with van der Waals surface area (Å²) in [6, 6.07) is 2.49. The number of hydrogen-bond acceptors (Lipinski definition) is 3. The van der Waals surface area contributed by atoms with E-state index in [9.17, 15) is 0 Å². The molecule has 0 aliphatic heterocycles. The summed E-state index contributed by atoms with van der Waals surface area (Å²) in [7, 11) is 0. The van der Waals surface area contributed by atoms with Crippen molar-refractivity contribution in [3.8, 4) is 0 Å². The molecule has 2 aromatic rings. The van der Waals surface area contributed by atoms with Crippen LogP contribution in [-0.2, 0) is 13.0 Å². The van der Waals surface area contributed by atoms with E-state index in [1.54, 1.807) is 11.3 Å². The SMILES string of the molecule is Cc1cc2c(n1Cc1cscn1)CCCC2N. The first-order chi connectivity index (χ1) is 8.25. The van der Waals surface area contributed by atoms with Gasteiger partial charge in [-0.15, -0.1) is 11.3 Å². The Hall–Kier alpha value is -1.13. The van der Waals surface area contributed by atoms with Crippen molar-refractivity contribution in [2.75, 3.05) is 0 Å². The number of nitrogens with zero attached hydrogens (tertiary/aromatic N) is 2. The molecule has 0 spiro atoms. The van der Waals surface area contributed by atoms with E-state index < -0.39 is 0 Å². The van der Waals surface area contributed by atoms with Gasteiger partial charge in [0.05, 0.1) is 17.7 Å². The van der Waals surface area contributed by atoms with Crippen LogP contribution in [0.1, 0.15) is 41.5 Å². The third-order valence-electron chi connectivity index (χ3n) is 3.58. The molecule has 3 rings (SSSR count). The molecule has 0 radical (unpaired) electrons. The smallest absolute Gasteiger partial charge is 0.0795 e. The van der Waals surface area contributed by atoms with Gasteiger partial charge in [0, 0.05) is 22.8 Å². The highest BCUT2D eigenvalue weighted by atomic mass is 32.1. The lowest BCUT2D eigenvalue weighted by molar-refractivity contribution is 0.545. The summed E-state index contributed by atoms with van der Waals surface area (Å²) in [6.07, 6.45) is 3.48. The van der Waals surface area contributed by atoms with Gasteiger partial charge in [0.25, 0.3) is 0 Å². The molecule has 1 aliphatic carbocycles. The maximum Gasteiger partial charge on any atom is 0.0795 e. The fourth-order valence-corrected chi connectivity index (χ4v) is 3.25. The van der Waals surface area contributed by atoms with Crippen LogP contribution in [0.3, 0.4) is 0 Å². The highest BCUT2D eigenvalue weighted by Gasteiger charge is 2.22. The third-order valence-corrected chi connectivity index (χ3v) is 4.22. The van der Waals surface area contributed by atoms with Gasteiger partial charge in [-0.05, 0) is 37.8 Å². The summed E-state index contributed by atoms with van der Waals surface area (Å²) < 4.78 is 2.38. The Morgan fingerprint density at radius 3 is 3.24 bits per heavy atom. The zero-order valence-electron chi connectivity index (χ0n) is 10.0. The Kier molecular flexibility index (Phi) is 2.76. The lowest BCUT2D eigenvalue weighted by atomic mass is 9.93. The predicted molar refractivity (Wildman–Crippen MR) is 70.3 cm³/mol. The monoisotopic (exact) mass is 247 g/mol. The second kappa shape index (κ2) is 4.27. The standard InChI is InChI=1S/C13H17N3S/c1-9-5-11-12(14)3-2-4-13(11)16(9)6-10-7-17-8-15-10/h5,7-8,12H,2-4,6,14H2,1H3. The van der Waals surface area contributed by atoms with Gasteiger partial charge >= 0.3 is 0 Å². The van der Waals surface area contributed by atoms with Crippen molar-refractivity contribution in [1.82, 2.24) is 9.55 Å². The van der Waals surface area contributed by atoms with Crippen LogP contribution in [0.25, 0.3) is 0 Å². The molecule has 1 atom stereocenters. The van der Waals surface area contributed by atoms with Crippen molar-refractivity contribution in [2.24, 2.45) is 5.73 Å². The molecule has 0 amide bonds. The van der Waals surface area contributed by atoms with E-state index in [1.807, 2.05) is 5.51 Å². The van der Waals surface area contributed by atoms with Crippen molar-refractivity contribution in [1.29, 1.82) is 0 Å². The normalized spacial score (nSPS) is 19.3. The lowest BCUT2D eigenvalue weighted by Gasteiger charge is -2.20. The van der Waals surface area contributed by atoms with Gasteiger partial charge in [-0.2, -0.15) is 0 Å². The summed E-state index contributed by atoms with van der Waals surface area (Å²) in [4.78, 5) is 4.37. The Morgan fingerprint density at radius 2 is 2.47 bits per heavy atom. The van der Waals surface area contributed by atoms with Crippen molar-refractivity contribution < 1.29 is 0 Å². The first-order valence-corrected chi connectivity index (χ1v) is 7.01. The minimum absolute atomic E-state index is 0.231. The van der Waals surface area contributed by atoms with E-state index in [0.717, 1.165) is 25.1 Å². The van der Waals surface area contributed by atoms with Gasteiger partial charge < -0.3 is 10.3 Å². The zero-order chi connectivity index (χ0) is 11.8. The molecule has 1 unspecified atom stereocenters. The Labute approximate surface area is 105 Å². The van der Waals surface area contributed by atoms with Gasteiger partial charge in [0.1, 0.15) is 0 Å². The first-order valence-electron chi connectivity index (χ1n) is 6.07. The molecule has 0 fully saturated rings. The minimum atomic E-state index is 0.231. The van der Waals surface area contributed by atoms with E-state index in [2.05, 4.69) is 27.9 Å². The summed E-state index contributed by atoms with van der Waals surface area (Å²) in [5.41, 5.74) is 13.3. The molecule has 3 nitrogen and oxygen atoms in total. The second-order valence-electron chi connectivity index (χ2n) is 4.75. The largest absolute Gasteiger partial charge is 0.343 e. The Morgan fingerprint density at radius 1 is 1.59 bits per heavy atom. The van der Waals surface area contributed by atoms with Crippen LogP contribution in [0.2, 0.25) is 0 Å². The molecule has 90 valence electrons. The maximum atomic E-state index is 6.18. The predicted octanol–water partition coefficient (Wildman–Crippen LogP) is 2.64. The zero-order valence-corrected chi connectivity index (χ0v) is 10.8. The van der Waals surface area contributed by atoms with Crippen LogP contribution in [0.4, 0.5) is 0 Å². The van der Waals surface area contributed by atoms with Gasteiger partial charge in [-0.3, -0.25) is 0 Å². The lowest BCUT2D eigenvalue weighted by Crippen LogP contribution is -2.18. The van der Waals surface area contributed by atoms with E-state index in [1.165, 1.54) is 23.4 Å². The third kappa shape index (κ3) is 1.91. The maximum absolute atomic E-state index is 6.18. The minimum Gasteiger partial charge on any atom is -0.343 e. The van der Waals surface area contributed by atoms with E-state index in [-0.39, 0.29) is 6.04 Å². The quantitative estimate of drug-likeness (QED) is 0.886. The number of aryl methyl sites for hydroxylation is 1. The van der Waals surface area contributed by atoms with Crippen molar-refractivity contribution in [2.45, 2.75) is 38.8 Å². The Bertz CT molecular complexity index is 513. The number of nitrogens with two attached hydrogens (primary N) is 1. The molecule has 17 heavy (non-hydrogen) atoms. The van der Waals surface area contributed by atoms with Gasteiger partial charge in [-0.1, -0.05) is 0 Å². The fraction of sp³-hybridized carbons (Fsp3) is 0.462. The van der Waals surface area contributed by atoms with Crippen LogP contribution < -0.4 is 5.73 Å². The number of thiazole rings is 1. The first kappa shape index (κ1) is 11.0. The van der Waals surface area contributed by atoms with E-state index >= 15 is 0 Å². The summed E-state index contributed by atoms with van der Waals surface area (Å²) in [6.45, 7) is 3.05. The molecule has 2 heterocycles. The number of aromatic nitrogens is 2. The molecular weight excluding hydrogens is 230 g/mol. The molecule has 1 aliphatic rings. The molecule has 4 heteroatoms. The molecule has 0 aromatic carbocycles. The fourth-order valence-electron chi connectivity index (χ4n) is 2.70. The molecule has 0 saturated heterocycles. The topological polar surface area (TPSA) is 43.8 Å². The van der Waals surface area contributed by atoms with Crippen LogP contribution in [0.15, 0.2) is 17.0 Å². The number of fused-ring (bicyclic) bond motifs is 1. The molecular formula is C13H17N3S. The average Bonchev–Trinajstić information content (AvgIpc) is 2.91.